The van der Waals surface area contributed by atoms with Crippen LogP contribution in [0, 0.1) is 13.8 Å². The van der Waals surface area contributed by atoms with Crippen LogP contribution in [-0.2, 0) is 6.54 Å². The van der Waals surface area contributed by atoms with Gasteiger partial charge in [0.15, 0.2) is 11.6 Å². The van der Waals surface area contributed by atoms with Crippen molar-refractivity contribution in [1.82, 2.24) is 9.97 Å². The fourth-order valence-corrected chi connectivity index (χ4v) is 2.84. The zero-order valence-corrected chi connectivity index (χ0v) is 15.4. The Hall–Kier alpha value is -2.30. The number of halogens is 2. The molecule has 0 saturated carbocycles. The molecule has 0 fully saturated rings. The molecule has 0 radical (unpaired) electrons. The summed E-state index contributed by atoms with van der Waals surface area (Å²) in [5, 5.41) is 4.30. The van der Waals surface area contributed by atoms with E-state index in [9.17, 15) is 0 Å². The highest BCUT2D eigenvalue weighted by atomic mass is 35.5. The zero-order chi connectivity index (χ0) is 17.8. The van der Waals surface area contributed by atoms with Crippen LogP contribution in [0.4, 0.5) is 5.82 Å². The van der Waals surface area contributed by atoms with Crippen LogP contribution in [-0.4, -0.2) is 9.97 Å². The number of hydrogen-bond acceptors (Lipinski definition) is 4. The molecule has 0 aliphatic rings. The van der Waals surface area contributed by atoms with Gasteiger partial charge >= 0.3 is 0 Å². The maximum atomic E-state index is 6.22. The Kier molecular flexibility index (Phi) is 5.41. The molecule has 0 saturated heterocycles. The SMILES string of the molecule is Cc1nc(C)c(Oc2ccc(Cl)cc2Cl)c(NCc2ccccc2)n1. The quantitative estimate of drug-likeness (QED) is 0.613. The molecule has 0 unspecified atom stereocenters. The van der Waals surface area contributed by atoms with E-state index in [0.29, 0.717) is 39.7 Å². The van der Waals surface area contributed by atoms with Crippen LogP contribution in [0.15, 0.2) is 48.5 Å². The summed E-state index contributed by atoms with van der Waals surface area (Å²) in [6.07, 6.45) is 0. The van der Waals surface area contributed by atoms with Crippen LogP contribution in [0.2, 0.25) is 10.0 Å². The van der Waals surface area contributed by atoms with E-state index in [1.54, 1.807) is 18.2 Å². The highest BCUT2D eigenvalue weighted by molar-refractivity contribution is 6.35. The molecular formula is C19H17Cl2N3O. The van der Waals surface area contributed by atoms with Gasteiger partial charge in [-0.05, 0) is 37.6 Å². The summed E-state index contributed by atoms with van der Waals surface area (Å²) >= 11 is 12.2. The molecule has 3 rings (SSSR count). The number of anilines is 1. The zero-order valence-electron chi connectivity index (χ0n) is 13.9. The van der Waals surface area contributed by atoms with E-state index in [-0.39, 0.29) is 0 Å². The topological polar surface area (TPSA) is 47.0 Å². The molecule has 0 amide bonds. The minimum absolute atomic E-state index is 0.432. The largest absolute Gasteiger partial charge is 0.450 e. The van der Waals surface area contributed by atoms with E-state index in [2.05, 4.69) is 15.3 Å². The number of nitrogens with zero attached hydrogens (tertiary/aromatic N) is 2. The number of benzene rings is 2. The lowest BCUT2D eigenvalue weighted by molar-refractivity contribution is 0.474. The second-order valence-electron chi connectivity index (χ2n) is 5.55. The molecule has 6 heteroatoms. The molecule has 4 nitrogen and oxygen atoms in total. The van der Waals surface area contributed by atoms with Crippen molar-refractivity contribution in [2.45, 2.75) is 20.4 Å². The fourth-order valence-electron chi connectivity index (χ4n) is 2.39. The first kappa shape index (κ1) is 17.5. The molecule has 2 aromatic carbocycles. The van der Waals surface area contributed by atoms with Gasteiger partial charge in [-0.25, -0.2) is 9.97 Å². The van der Waals surface area contributed by atoms with E-state index in [4.69, 9.17) is 27.9 Å². The Labute approximate surface area is 156 Å². The predicted molar refractivity (Wildman–Crippen MR) is 102 cm³/mol. The van der Waals surface area contributed by atoms with Gasteiger partial charge in [0.25, 0.3) is 0 Å². The van der Waals surface area contributed by atoms with Gasteiger partial charge in [0.1, 0.15) is 11.6 Å². The number of hydrogen-bond donors (Lipinski definition) is 1. The number of nitrogens with one attached hydrogen (secondary N) is 1. The van der Waals surface area contributed by atoms with Gasteiger partial charge in [-0.1, -0.05) is 53.5 Å². The molecule has 0 atom stereocenters. The third-order valence-corrected chi connectivity index (χ3v) is 4.09. The Morgan fingerprint density at radius 2 is 1.76 bits per heavy atom. The number of ether oxygens (including phenoxy) is 1. The molecule has 1 heterocycles. The van der Waals surface area contributed by atoms with Crippen LogP contribution >= 0.6 is 23.2 Å². The van der Waals surface area contributed by atoms with Gasteiger partial charge in [0, 0.05) is 11.6 Å². The highest BCUT2D eigenvalue weighted by Crippen LogP contribution is 2.36. The molecule has 0 aliphatic carbocycles. The van der Waals surface area contributed by atoms with Crippen molar-refractivity contribution in [3.8, 4) is 11.5 Å². The minimum atomic E-state index is 0.432. The Morgan fingerprint density at radius 1 is 1.00 bits per heavy atom. The molecule has 25 heavy (non-hydrogen) atoms. The van der Waals surface area contributed by atoms with Crippen molar-refractivity contribution in [3.63, 3.8) is 0 Å². The fraction of sp³-hybridized carbons (Fsp3) is 0.158. The Balaban J connectivity index is 1.89. The molecule has 1 aromatic heterocycles. The number of aryl methyl sites for hydroxylation is 2. The summed E-state index contributed by atoms with van der Waals surface area (Å²) in [6.45, 7) is 4.35. The van der Waals surface area contributed by atoms with Gasteiger partial charge in [0.05, 0.1) is 10.7 Å². The lowest BCUT2D eigenvalue weighted by atomic mass is 10.2. The summed E-state index contributed by atoms with van der Waals surface area (Å²) in [5.74, 6) is 2.35. The first-order valence-electron chi connectivity index (χ1n) is 7.79. The normalized spacial score (nSPS) is 10.6. The number of aromatic nitrogens is 2. The summed E-state index contributed by atoms with van der Waals surface area (Å²) < 4.78 is 5.99. The lowest BCUT2D eigenvalue weighted by Crippen LogP contribution is -2.07. The van der Waals surface area contributed by atoms with Gasteiger partial charge < -0.3 is 10.1 Å². The van der Waals surface area contributed by atoms with Crippen LogP contribution in [0.3, 0.4) is 0 Å². The molecule has 3 aromatic rings. The smallest absolute Gasteiger partial charge is 0.190 e. The van der Waals surface area contributed by atoms with Crippen molar-refractivity contribution >= 4 is 29.0 Å². The van der Waals surface area contributed by atoms with Crippen LogP contribution in [0.1, 0.15) is 17.1 Å². The average Bonchev–Trinajstić information content (AvgIpc) is 2.58. The minimum Gasteiger partial charge on any atom is -0.450 e. The summed E-state index contributed by atoms with van der Waals surface area (Å²) in [7, 11) is 0. The van der Waals surface area contributed by atoms with Gasteiger partial charge in [-0.15, -0.1) is 0 Å². The van der Waals surface area contributed by atoms with E-state index >= 15 is 0 Å². The van der Waals surface area contributed by atoms with Gasteiger partial charge in [-0.2, -0.15) is 0 Å². The summed E-state index contributed by atoms with van der Waals surface area (Å²) in [6, 6.07) is 15.2. The average molecular weight is 374 g/mol. The van der Waals surface area contributed by atoms with Crippen LogP contribution in [0.25, 0.3) is 0 Å². The van der Waals surface area contributed by atoms with E-state index in [1.165, 1.54) is 0 Å². The lowest BCUT2D eigenvalue weighted by Gasteiger charge is -2.15. The van der Waals surface area contributed by atoms with Crippen molar-refractivity contribution < 1.29 is 4.74 Å². The Morgan fingerprint density at radius 3 is 2.48 bits per heavy atom. The van der Waals surface area contributed by atoms with E-state index in [1.807, 2.05) is 44.2 Å². The highest BCUT2D eigenvalue weighted by Gasteiger charge is 2.14. The van der Waals surface area contributed by atoms with Gasteiger partial charge in [-0.3, -0.25) is 0 Å². The maximum absolute atomic E-state index is 6.22. The molecule has 128 valence electrons. The standard InChI is InChI=1S/C19H17Cl2N3O/c1-12-18(25-17-9-8-15(20)10-16(17)21)19(24-13(2)23-12)22-11-14-6-4-3-5-7-14/h3-10H,11H2,1-2H3,(H,22,23,24). The van der Waals surface area contributed by atoms with Crippen molar-refractivity contribution in [2.24, 2.45) is 0 Å². The van der Waals surface area contributed by atoms with Crippen molar-refractivity contribution in [3.05, 3.63) is 75.7 Å². The molecular weight excluding hydrogens is 357 g/mol. The first-order chi connectivity index (χ1) is 12.0. The summed E-state index contributed by atoms with van der Waals surface area (Å²) in [4.78, 5) is 8.86. The van der Waals surface area contributed by atoms with Crippen molar-refractivity contribution in [2.75, 3.05) is 5.32 Å². The number of rotatable bonds is 5. The van der Waals surface area contributed by atoms with Crippen LogP contribution in [0.5, 0.6) is 11.5 Å². The third kappa shape index (κ3) is 4.41. The Bertz CT molecular complexity index is 885. The molecule has 0 aliphatic heterocycles. The van der Waals surface area contributed by atoms with E-state index < -0.39 is 0 Å². The summed E-state index contributed by atoms with van der Waals surface area (Å²) in [5.41, 5.74) is 1.88. The second kappa shape index (κ2) is 7.72. The van der Waals surface area contributed by atoms with E-state index in [0.717, 1.165) is 11.3 Å². The predicted octanol–water partition coefficient (Wildman–Crippen LogP) is 5.80. The first-order valence-corrected chi connectivity index (χ1v) is 8.54. The molecule has 0 spiro atoms. The molecule has 0 bridgehead atoms. The second-order valence-corrected chi connectivity index (χ2v) is 6.39. The third-order valence-electron chi connectivity index (χ3n) is 3.56. The van der Waals surface area contributed by atoms with Gasteiger partial charge in [0.2, 0.25) is 0 Å². The monoisotopic (exact) mass is 373 g/mol. The maximum Gasteiger partial charge on any atom is 0.190 e. The van der Waals surface area contributed by atoms with Crippen LogP contribution < -0.4 is 10.1 Å². The van der Waals surface area contributed by atoms with Crippen molar-refractivity contribution in [1.29, 1.82) is 0 Å². The molecule has 1 N–H and O–H groups in total.